The molecule has 0 saturated heterocycles. The third-order valence-electron chi connectivity index (χ3n) is 4.32. The molecule has 0 bridgehead atoms. The number of fused-ring (bicyclic) bond motifs is 1. The van der Waals surface area contributed by atoms with E-state index in [0.717, 1.165) is 37.5 Å². The fraction of sp³-hybridized carbons (Fsp3) is 0.316. The van der Waals surface area contributed by atoms with Crippen LogP contribution in [0.3, 0.4) is 0 Å². The maximum absolute atomic E-state index is 5.94. The molecule has 0 saturated carbocycles. The van der Waals surface area contributed by atoms with Crippen molar-refractivity contribution in [3.8, 4) is 0 Å². The molecule has 0 fully saturated rings. The van der Waals surface area contributed by atoms with Crippen molar-refractivity contribution < 1.29 is 4.74 Å². The molecule has 4 heterocycles. The van der Waals surface area contributed by atoms with E-state index < -0.39 is 0 Å². The first-order chi connectivity index (χ1) is 12.4. The van der Waals surface area contributed by atoms with Crippen molar-refractivity contribution in [3.05, 3.63) is 77.6 Å². The second-order valence-electron chi connectivity index (χ2n) is 6.15. The van der Waals surface area contributed by atoms with Crippen LogP contribution in [0.1, 0.15) is 28.6 Å². The lowest BCUT2D eigenvalue weighted by molar-refractivity contribution is 0.0393. The standard InChI is InChI=1S/C19H21N5O/c1-2-7-22-17(3-1)14-24-13-16-6-10-25-18(19(16)23-24)12-21-11-15-4-8-20-9-5-15/h1-5,7-9,13,18,21H,6,10-12,14H2. The summed E-state index contributed by atoms with van der Waals surface area (Å²) < 4.78 is 7.91. The summed E-state index contributed by atoms with van der Waals surface area (Å²) in [5.41, 5.74) is 4.55. The summed E-state index contributed by atoms with van der Waals surface area (Å²) in [6, 6.07) is 9.98. The van der Waals surface area contributed by atoms with Crippen molar-refractivity contribution in [1.29, 1.82) is 0 Å². The first-order valence-corrected chi connectivity index (χ1v) is 8.56. The summed E-state index contributed by atoms with van der Waals surface area (Å²) >= 11 is 0. The van der Waals surface area contributed by atoms with Crippen LogP contribution < -0.4 is 5.32 Å². The van der Waals surface area contributed by atoms with Crippen molar-refractivity contribution in [3.63, 3.8) is 0 Å². The Morgan fingerprint density at radius 3 is 2.92 bits per heavy atom. The highest BCUT2D eigenvalue weighted by Gasteiger charge is 2.24. The highest BCUT2D eigenvalue weighted by atomic mass is 16.5. The quantitative estimate of drug-likeness (QED) is 0.747. The van der Waals surface area contributed by atoms with Crippen molar-refractivity contribution in [2.24, 2.45) is 0 Å². The van der Waals surface area contributed by atoms with Gasteiger partial charge in [-0.25, -0.2) is 0 Å². The van der Waals surface area contributed by atoms with Gasteiger partial charge in [-0.2, -0.15) is 5.10 Å². The number of pyridine rings is 2. The maximum Gasteiger partial charge on any atom is 0.114 e. The van der Waals surface area contributed by atoms with Crippen LogP contribution in [0.5, 0.6) is 0 Å². The molecule has 4 rings (SSSR count). The van der Waals surface area contributed by atoms with Crippen molar-refractivity contribution in [2.75, 3.05) is 13.2 Å². The number of hydrogen-bond acceptors (Lipinski definition) is 5. The minimum Gasteiger partial charge on any atom is -0.370 e. The molecule has 1 atom stereocenters. The molecular weight excluding hydrogens is 314 g/mol. The second kappa shape index (κ2) is 7.55. The molecule has 0 radical (unpaired) electrons. The van der Waals surface area contributed by atoms with E-state index in [1.54, 1.807) is 0 Å². The fourth-order valence-electron chi connectivity index (χ4n) is 3.07. The zero-order valence-corrected chi connectivity index (χ0v) is 14.0. The second-order valence-corrected chi connectivity index (χ2v) is 6.15. The number of ether oxygens (including phenoxy) is 1. The summed E-state index contributed by atoms with van der Waals surface area (Å²) in [5.74, 6) is 0. The summed E-state index contributed by atoms with van der Waals surface area (Å²) in [6.45, 7) is 2.97. The minimum atomic E-state index is -0.00410. The topological polar surface area (TPSA) is 64.9 Å². The largest absolute Gasteiger partial charge is 0.370 e. The normalized spacial score (nSPS) is 16.6. The molecular formula is C19H21N5O. The summed E-state index contributed by atoms with van der Waals surface area (Å²) in [4.78, 5) is 8.41. The number of nitrogens with one attached hydrogen (secondary N) is 1. The molecule has 0 amide bonds. The Morgan fingerprint density at radius 2 is 2.08 bits per heavy atom. The molecule has 3 aromatic heterocycles. The molecule has 1 aliphatic heterocycles. The predicted molar refractivity (Wildman–Crippen MR) is 93.9 cm³/mol. The average molecular weight is 335 g/mol. The average Bonchev–Trinajstić information content (AvgIpc) is 3.07. The van der Waals surface area contributed by atoms with Crippen LogP contribution in [-0.2, 0) is 24.2 Å². The van der Waals surface area contributed by atoms with Crippen LogP contribution in [0, 0.1) is 0 Å². The van der Waals surface area contributed by atoms with E-state index in [0.29, 0.717) is 6.54 Å². The summed E-state index contributed by atoms with van der Waals surface area (Å²) in [6.07, 6.45) is 8.47. The molecule has 0 spiro atoms. The first kappa shape index (κ1) is 15.9. The minimum absolute atomic E-state index is 0.00410. The smallest absolute Gasteiger partial charge is 0.114 e. The third kappa shape index (κ3) is 3.92. The number of nitrogens with zero attached hydrogens (tertiary/aromatic N) is 4. The van der Waals surface area contributed by atoms with Gasteiger partial charge in [-0.15, -0.1) is 0 Å². The molecule has 6 nitrogen and oxygen atoms in total. The van der Waals surface area contributed by atoms with Gasteiger partial charge in [0.2, 0.25) is 0 Å². The van der Waals surface area contributed by atoms with Crippen LogP contribution in [0.25, 0.3) is 0 Å². The van der Waals surface area contributed by atoms with Gasteiger partial charge < -0.3 is 10.1 Å². The number of rotatable bonds is 6. The van der Waals surface area contributed by atoms with E-state index >= 15 is 0 Å². The van der Waals surface area contributed by atoms with Gasteiger partial charge in [0.1, 0.15) is 6.10 Å². The van der Waals surface area contributed by atoms with Gasteiger partial charge in [-0.05, 0) is 41.8 Å². The number of hydrogen-bond donors (Lipinski definition) is 1. The van der Waals surface area contributed by atoms with Gasteiger partial charge in [0.15, 0.2) is 0 Å². The van der Waals surface area contributed by atoms with Crippen molar-refractivity contribution in [2.45, 2.75) is 25.6 Å². The van der Waals surface area contributed by atoms with Crippen LogP contribution in [0.4, 0.5) is 0 Å². The van der Waals surface area contributed by atoms with Gasteiger partial charge in [0.05, 0.1) is 24.5 Å². The Balaban J connectivity index is 1.41. The molecule has 1 aliphatic rings. The lowest BCUT2D eigenvalue weighted by atomic mass is 10.1. The van der Waals surface area contributed by atoms with E-state index in [1.807, 2.05) is 53.6 Å². The summed E-state index contributed by atoms with van der Waals surface area (Å²) in [5, 5.41) is 8.21. The monoisotopic (exact) mass is 335 g/mol. The SMILES string of the molecule is c1ccc(Cn2cc3c(n2)C(CNCc2ccncc2)OCC3)nc1. The van der Waals surface area contributed by atoms with Crippen molar-refractivity contribution >= 4 is 0 Å². The zero-order chi connectivity index (χ0) is 16.9. The Morgan fingerprint density at radius 1 is 1.16 bits per heavy atom. The van der Waals surface area contributed by atoms with Crippen LogP contribution in [0.2, 0.25) is 0 Å². The maximum atomic E-state index is 5.94. The molecule has 1 unspecified atom stereocenters. The van der Waals surface area contributed by atoms with E-state index in [4.69, 9.17) is 9.84 Å². The van der Waals surface area contributed by atoms with Crippen LogP contribution in [0.15, 0.2) is 55.1 Å². The molecule has 1 N–H and O–H groups in total. The van der Waals surface area contributed by atoms with E-state index in [1.165, 1.54) is 11.1 Å². The molecule has 25 heavy (non-hydrogen) atoms. The van der Waals surface area contributed by atoms with Crippen LogP contribution >= 0.6 is 0 Å². The van der Waals surface area contributed by atoms with Gasteiger partial charge in [-0.1, -0.05) is 6.07 Å². The Bertz CT molecular complexity index is 803. The Labute approximate surface area is 146 Å². The van der Waals surface area contributed by atoms with E-state index in [2.05, 4.69) is 21.5 Å². The van der Waals surface area contributed by atoms with Gasteiger partial charge in [-0.3, -0.25) is 14.6 Å². The van der Waals surface area contributed by atoms with Crippen LogP contribution in [-0.4, -0.2) is 32.9 Å². The predicted octanol–water partition coefficient (Wildman–Crippen LogP) is 2.12. The molecule has 6 heteroatoms. The molecule has 3 aromatic rings. The highest BCUT2D eigenvalue weighted by molar-refractivity contribution is 5.23. The first-order valence-electron chi connectivity index (χ1n) is 8.56. The molecule has 0 aliphatic carbocycles. The third-order valence-corrected chi connectivity index (χ3v) is 4.32. The Kier molecular flexibility index (Phi) is 4.81. The summed E-state index contributed by atoms with van der Waals surface area (Å²) in [7, 11) is 0. The fourth-order valence-corrected chi connectivity index (χ4v) is 3.07. The number of aromatic nitrogens is 4. The van der Waals surface area contributed by atoms with E-state index in [9.17, 15) is 0 Å². The molecule has 128 valence electrons. The Hall–Kier alpha value is -2.57. The van der Waals surface area contributed by atoms with Gasteiger partial charge in [0, 0.05) is 37.9 Å². The lowest BCUT2D eigenvalue weighted by Gasteiger charge is -2.22. The molecule has 0 aromatic carbocycles. The highest BCUT2D eigenvalue weighted by Crippen LogP contribution is 2.25. The van der Waals surface area contributed by atoms with Crippen molar-refractivity contribution in [1.82, 2.24) is 25.1 Å². The van der Waals surface area contributed by atoms with E-state index in [-0.39, 0.29) is 6.10 Å². The zero-order valence-electron chi connectivity index (χ0n) is 14.0. The van der Waals surface area contributed by atoms with Gasteiger partial charge >= 0.3 is 0 Å². The lowest BCUT2D eigenvalue weighted by Crippen LogP contribution is -2.27. The van der Waals surface area contributed by atoms with Gasteiger partial charge in [0.25, 0.3) is 0 Å².